The molecule has 1 aromatic carbocycles. The maximum Gasteiger partial charge on any atom is 0.268 e. The molecule has 0 heterocycles. The van der Waals surface area contributed by atoms with Crippen LogP contribution >= 0.6 is 0 Å². The molecule has 8 N–H and O–H groups in total. The lowest BCUT2D eigenvalue weighted by molar-refractivity contribution is -0.118. The van der Waals surface area contributed by atoms with Crippen LogP contribution in [0.5, 0.6) is 5.75 Å². The molecule has 0 aliphatic rings. The van der Waals surface area contributed by atoms with Crippen molar-refractivity contribution in [1.82, 2.24) is 15.6 Å². The Kier molecular flexibility index (Phi) is 13.2. The monoisotopic (exact) mass is 570 g/mol. The van der Waals surface area contributed by atoms with E-state index < -0.39 is 11.8 Å². The van der Waals surface area contributed by atoms with Crippen LogP contribution in [0, 0.1) is 5.41 Å². The number of nitrogens with two attached hydrogens (primary N) is 2. The Labute approximate surface area is 245 Å². The van der Waals surface area contributed by atoms with Gasteiger partial charge in [0.2, 0.25) is 0 Å². The van der Waals surface area contributed by atoms with Gasteiger partial charge in [-0.15, -0.1) is 0 Å². The number of benzene rings is 1. The van der Waals surface area contributed by atoms with Gasteiger partial charge in [-0.1, -0.05) is 67.0 Å². The van der Waals surface area contributed by atoms with E-state index in [9.17, 15) is 14.8 Å². The highest BCUT2D eigenvalue weighted by molar-refractivity contribution is 6.00. The zero-order chi connectivity index (χ0) is 31.5. The first-order valence-corrected chi connectivity index (χ1v) is 13.8. The number of carbonyl (C=O) groups excluding carboxylic acids is 2. The van der Waals surface area contributed by atoms with Crippen molar-refractivity contribution in [3.63, 3.8) is 0 Å². The number of amides is 2. The molecule has 0 radical (unpaired) electrons. The molecular formula is C31H50N6O4. The van der Waals surface area contributed by atoms with Crippen LogP contribution in [-0.4, -0.2) is 35.7 Å². The molecule has 0 bridgehead atoms. The Bertz CT molecular complexity index is 1200. The smallest absolute Gasteiger partial charge is 0.268 e. The van der Waals surface area contributed by atoms with Crippen molar-refractivity contribution in [1.29, 1.82) is 0 Å². The largest absolute Gasteiger partial charge is 0.494 e. The molecule has 0 saturated carbocycles. The minimum Gasteiger partial charge on any atom is -0.494 e. The first-order chi connectivity index (χ1) is 19.0. The SMILES string of the molecule is C\C=C(/C=C(\C(C)=C\CCC)N(N)/C=C(\N)C(=O)NCC(C)(C)C)NC(=O)c1cc(C(C)(C)C)cc(NO)c1OC. The molecule has 0 aromatic heterocycles. The summed E-state index contributed by atoms with van der Waals surface area (Å²) in [6, 6.07) is 3.49. The van der Waals surface area contributed by atoms with Crippen LogP contribution in [0.3, 0.4) is 0 Å². The number of hydrazine groups is 1. The summed E-state index contributed by atoms with van der Waals surface area (Å²) < 4.78 is 5.47. The Hall–Kier alpha value is -3.76. The fraction of sp³-hybridized carbons (Fsp3) is 0.484. The summed E-state index contributed by atoms with van der Waals surface area (Å²) in [5.74, 6) is 5.73. The van der Waals surface area contributed by atoms with E-state index in [4.69, 9.17) is 16.3 Å². The maximum atomic E-state index is 13.5. The van der Waals surface area contributed by atoms with Crippen molar-refractivity contribution in [3.8, 4) is 5.75 Å². The van der Waals surface area contributed by atoms with Crippen molar-refractivity contribution in [2.24, 2.45) is 17.0 Å². The van der Waals surface area contributed by atoms with Gasteiger partial charge in [-0.25, -0.2) is 5.84 Å². The molecule has 0 atom stereocenters. The zero-order valence-electron chi connectivity index (χ0n) is 26.4. The summed E-state index contributed by atoms with van der Waals surface area (Å²) in [5.41, 5.74) is 10.9. The fourth-order valence-electron chi connectivity index (χ4n) is 3.65. The molecule has 228 valence electrons. The highest BCUT2D eigenvalue weighted by Gasteiger charge is 2.23. The second kappa shape index (κ2) is 15.3. The number of rotatable bonds is 12. The molecule has 1 rings (SSSR count). The number of nitrogens with zero attached hydrogens (tertiary/aromatic N) is 1. The highest BCUT2D eigenvalue weighted by Crippen LogP contribution is 2.35. The van der Waals surface area contributed by atoms with Crippen molar-refractivity contribution in [2.45, 2.75) is 80.6 Å². The first-order valence-electron chi connectivity index (χ1n) is 13.8. The molecule has 0 fully saturated rings. The summed E-state index contributed by atoms with van der Waals surface area (Å²) in [4.78, 5) is 26.1. The fourth-order valence-corrected chi connectivity index (χ4v) is 3.65. The Morgan fingerprint density at radius 2 is 1.78 bits per heavy atom. The quantitative estimate of drug-likeness (QED) is 0.0867. The number of ether oxygens (including phenoxy) is 1. The molecule has 0 spiro atoms. The number of allylic oxidation sites excluding steroid dienone is 4. The lowest BCUT2D eigenvalue weighted by Crippen LogP contribution is -2.37. The van der Waals surface area contributed by atoms with E-state index in [0.29, 0.717) is 17.9 Å². The molecule has 0 unspecified atom stereocenters. The van der Waals surface area contributed by atoms with Crippen molar-refractivity contribution in [2.75, 3.05) is 19.1 Å². The van der Waals surface area contributed by atoms with Crippen LogP contribution in [0.2, 0.25) is 0 Å². The molecule has 0 aliphatic carbocycles. The van der Waals surface area contributed by atoms with Gasteiger partial charge in [-0.05, 0) is 60.4 Å². The predicted molar refractivity (Wildman–Crippen MR) is 166 cm³/mol. The van der Waals surface area contributed by atoms with E-state index in [1.165, 1.54) is 18.3 Å². The number of anilines is 1. The maximum absolute atomic E-state index is 13.5. The standard InChI is InChI=1S/C31H50N6O4/c1-11-13-14-20(3)26(37(33)18-24(32)29(39)34-19-30(4,5)6)17-22(12-2)35-28(38)23-15-21(31(7,8)9)16-25(36-40)27(23)41-10/h12,14-18,36,40H,11,13,19,32-33H2,1-10H3,(H,34,39)(H,35,38)/b20-14+,22-12+,24-18-,26-17+. The number of hydrogen-bond acceptors (Lipinski definition) is 8. The van der Waals surface area contributed by atoms with E-state index >= 15 is 0 Å². The minimum atomic E-state index is -0.441. The Balaban J connectivity index is 3.50. The summed E-state index contributed by atoms with van der Waals surface area (Å²) in [5, 5.41) is 16.7. The number of hydrogen-bond donors (Lipinski definition) is 6. The second-order valence-electron chi connectivity index (χ2n) is 12.1. The normalized spacial score (nSPS) is 13.6. The molecule has 2 amide bonds. The van der Waals surface area contributed by atoms with Crippen molar-refractivity contribution >= 4 is 17.5 Å². The predicted octanol–water partition coefficient (Wildman–Crippen LogP) is 5.20. The molecule has 10 nitrogen and oxygen atoms in total. The topological polar surface area (TPSA) is 155 Å². The van der Waals surface area contributed by atoms with E-state index in [1.807, 2.05) is 54.5 Å². The molecule has 0 saturated heterocycles. The van der Waals surface area contributed by atoms with Gasteiger partial charge in [0.15, 0.2) is 5.75 Å². The number of methoxy groups -OCH3 is 1. The van der Waals surface area contributed by atoms with Gasteiger partial charge in [-0.2, -0.15) is 0 Å². The third kappa shape index (κ3) is 11.0. The average molecular weight is 571 g/mol. The lowest BCUT2D eigenvalue weighted by atomic mass is 9.85. The van der Waals surface area contributed by atoms with Gasteiger partial charge < -0.3 is 21.1 Å². The number of unbranched alkanes of at least 4 members (excludes halogenated alkanes) is 1. The molecule has 10 heteroatoms. The van der Waals surface area contributed by atoms with Crippen LogP contribution in [0.15, 0.2) is 59.2 Å². The van der Waals surface area contributed by atoms with E-state index in [-0.39, 0.29) is 33.5 Å². The van der Waals surface area contributed by atoms with Crippen LogP contribution in [0.1, 0.15) is 91.1 Å². The van der Waals surface area contributed by atoms with Crippen LogP contribution < -0.4 is 32.4 Å². The van der Waals surface area contributed by atoms with E-state index in [1.54, 1.807) is 31.2 Å². The van der Waals surface area contributed by atoms with Gasteiger partial charge in [0.05, 0.1) is 18.4 Å². The zero-order valence-corrected chi connectivity index (χ0v) is 26.4. The molecule has 1 aromatic rings. The van der Waals surface area contributed by atoms with Gasteiger partial charge in [0, 0.05) is 18.4 Å². The Morgan fingerprint density at radius 3 is 2.27 bits per heavy atom. The third-order valence-corrected chi connectivity index (χ3v) is 6.13. The third-order valence-electron chi connectivity index (χ3n) is 6.13. The number of carbonyl (C=O) groups is 2. The summed E-state index contributed by atoms with van der Waals surface area (Å²) in [7, 11) is 1.43. The van der Waals surface area contributed by atoms with E-state index in [2.05, 4.69) is 23.0 Å². The van der Waals surface area contributed by atoms with Crippen LogP contribution in [0.25, 0.3) is 0 Å². The molecule has 41 heavy (non-hydrogen) atoms. The Morgan fingerprint density at radius 1 is 1.15 bits per heavy atom. The van der Waals surface area contributed by atoms with Gasteiger partial charge in [0.1, 0.15) is 11.4 Å². The van der Waals surface area contributed by atoms with E-state index in [0.717, 1.165) is 24.0 Å². The van der Waals surface area contributed by atoms with Gasteiger partial charge in [0.25, 0.3) is 11.8 Å². The van der Waals surface area contributed by atoms with Gasteiger partial charge >= 0.3 is 0 Å². The first kappa shape index (κ1) is 35.3. The minimum absolute atomic E-state index is 0.0511. The van der Waals surface area contributed by atoms with Crippen molar-refractivity contribution < 1.29 is 19.5 Å². The van der Waals surface area contributed by atoms with Gasteiger partial charge in [-0.3, -0.25) is 25.3 Å². The molecule has 0 aliphatic heterocycles. The average Bonchev–Trinajstić information content (AvgIpc) is 2.90. The molecular weight excluding hydrogens is 520 g/mol. The van der Waals surface area contributed by atoms with Crippen LogP contribution in [0.4, 0.5) is 5.69 Å². The van der Waals surface area contributed by atoms with Crippen LogP contribution in [-0.2, 0) is 10.2 Å². The second-order valence-corrected chi connectivity index (χ2v) is 12.1. The summed E-state index contributed by atoms with van der Waals surface area (Å²) in [6.45, 7) is 18.2. The lowest BCUT2D eigenvalue weighted by Gasteiger charge is -2.23. The number of nitrogens with one attached hydrogen (secondary N) is 3. The van der Waals surface area contributed by atoms with Crippen molar-refractivity contribution in [3.05, 3.63) is 70.4 Å². The summed E-state index contributed by atoms with van der Waals surface area (Å²) >= 11 is 0. The summed E-state index contributed by atoms with van der Waals surface area (Å²) in [6.07, 6.45) is 8.57. The highest BCUT2D eigenvalue weighted by atomic mass is 16.5.